The van der Waals surface area contributed by atoms with Gasteiger partial charge in [0.25, 0.3) is 0 Å². The third-order valence-electron chi connectivity index (χ3n) is 11.1. The summed E-state index contributed by atoms with van der Waals surface area (Å²) in [5.74, 6) is -2.86. The second-order valence-electron chi connectivity index (χ2n) is 14.5. The zero-order valence-electron chi connectivity index (χ0n) is 27.4. The topological polar surface area (TPSA) is 276 Å². The van der Waals surface area contributed by atoms with Gasteiger partial charge in [0.15, 0.2) is 25.2 Å². The molecule has 2 aliphatic carbocycles. The lowest BCUT2D eigenvalue weighted by Gasteiger charge is -2.48. The quantitative estimate of drug-likeness (QED) is 0.108. The van der Waals surface area contributed by atoms with E-state index in [1.54, 1.807) is 6.08 Å². The fourth-order valence-electron chi connectivity index (χ4n) is 8.62. The minimum Gasteiger partial charge on any atom is -0.472 e. The Balaban J connectivity index is 1.21. The fourth-order valence-corrected chi connectivity index (χ4v) is 8.62. The maximum Gasteiger partial charge on any atom is 0.207 e. The SMILES string of the molecule is CO[C@@H]1[C@@H](O)[C@H](O[C@@H]2O[C@H](O[C@@H]3[C@@H](O)[C@H](O[C@@H]4OC=C[C@@H]5[C@H]4[C@@](C)(O)C[C@H]5O)O[C@H](CO)[C@H]3O)C[C@@H]3[C@H]2[C@@](C)(O)C[C@H]3O)O[C@H](CO)[C@H]1O. The van der Waals surface area contributed by atoms with Crippen molar-refractivity contribution >= 4 is 0 Å². The van der Waals surface area contributed by atoms with Crippen LogP contribution in [0.15, 0.2) is 12.3 Å². The molecule has 0 aromatic carbocycles. The Bertz CT molecular complexity index is 1160. The number of fused-ring (bicyclic) bond motifs is 2. The highest BCUT2D eigenvalue weighted by Crippen LogP contribution is 2.50. The smallest absolute Gasteiger partial charge is 0.207 e. The van der Waals surface area contributed by atoms with Crippen molar-refractivity contribution in [2.45, 2.75) is 137 Å². The van der Waals surface area contributed by atoms with Crippen molar-refractivity contribution in [3.05, 3.63) is 12.3 Å². The molecular weight excluding hydrogens is 660 g/mol. The summed E-state index contributed by atoms with van der Waals surface area (Å²) in [6, 6.07) is 0. The molecule has 6 rings (SSSR count). The molecule has 18 heteroatoms. The Morgan fingerprint density at radius 1 is 0.673 bits per heavy atom. The maximum atomic E-state index is 11.4. The van der Waals surface area contributed by atoms with Crippen molar-refractivity contribution in [3.63, 3.8) is 0 Å². The molecule has 49 heavy (non-hydrogen) atoms. The number of aliphatic hydroxyl groups excluding tert-OH is 8. The lowest BCUT2D eigenvalue weighted by atomic mass is 9.82. The van der Waals surface area contributed by atoms with Gasteiger partial charge in [-0.15, -0.1) is 0 Å². The van der Waals surface area contributed by atoms with Gasteiger partial charge >= 0.3 is 0 Å². The van der Waals surface area contributed by atoms with Crippen molar-refractivity contribution < 1.29 is 89.0 Å². The van der Waals surface area contributed by atoms with Crippen molar-refractivity contribution in [2.75, 3.05) is 20.3 Å². The zero-order chi connectivity index (χ0) is 35.6. The molecule has 0 bridgehead atoms. The largest absolute Gasteiger partial charge is 0.472 e. The van der Waals surface area contributed by atoms with E-state index in [2.05, 4.69) is 0 Å². The van der Waals surface area contributed by atoms with E-state index in [9.17, 15) is 51.1 Å². The highest BCUT2D eigenvalue weighted by molar-refractivity contribution is 5.10. The van der Waals surface area contributed by atoms with Crippen molar-refractivity contribution in [2.24, 2.45) is 23.7 Å². The zero-order valence-corrected chi connectivity index (χ0v) is 27.4. The number of ether oxygens (including phenoxy) is 8. The summed E-state index contributed by atoms with van der Waals surface area (Å²) >= 11 is 0. The highest BCUT2D eigenvalue weighted by atomic mass is 16.8. The predicted octanol–water partition coefficient (Wildman–Crippen LogP) is -4.26. The van der Waals surface area contributed by atoms with Gasteiger partial charge in [0, 0.05) is 44.1 Å². The normalized spacial score (nSPS) is 55.9. The van der Waals surface area contributed by atoms with Gasteiger partial charge in [-0.25, -0.2) is 0 Å². The van der Waals surface area contributed by atoms with Gasteiger partial charge in [0.05, 0.1) is 48.8 Å². The van der Waals surface area contributed by atoms with Crippen LogP contribution >= 0.6 is 0 Å². The first-order valence-corrected chi connectivity index (χ1v) is 16.6. The molecule has 0 aromatic rings. The predicted molar refractivity (Wildman–Crippen MR) is 157 cm³/mol. The van der Waals surface area contributed by atoms with Crippen LogP contribution in [0, 0.1) is 23.7 Å². The van der Waals surface area contributed by atoms with Gasteiger partial charge in [-0.1, -0.05) is 0 Å². The Morgan fingerprint density at radius 2 is 1.22 bits per heavy atom. The molecule has 3 saturated heterocycles. The van der Waals surface area contributed by atoms with Crippen LogP contribution in [-0.4, -0.2) is 175 Å². The minimum atomic E-state index is -1.72. The first-order chi connectivity index (χ1) is 23.1. The van der Waals surface area contributed by atoms with Gasteiger partial charge in [0.1, 0.15) is 48.8 Å². The highest BCUT2D eigenvalue weighted by Gasteiger charge is 2.61. The average Bonchev–Trinajstić information content (AvgIpc) is 3.43. The Hall–Kier alpha value is -1.14. The summed E-state index contributed by atoms with van der Waals surface area (Å²) < 4.78 is 46.4. The van der Waals surface area contributed by atoms with E-state index >= 15 is 0 Å². The number of hydrogen-bond donors (Lipinski definition) is 10. The first kappa shape index (κ1) is 37.6. The van der Waals surface area contributed by atoms with Gasteiger partial charge in [-0.2, -0.15) is 0 Å². The van der Waals surface area contributed by atoms with Gasteiger partial charge in [0.2, 0.25) is 6.29 Å². The standard InChI is InChI=1S/C31H50O18/c1-30(40)7-13(34)11-4-5-43-26(18(11)30)48-29-23(39)25(21(37)16(10-33)45-29)46-17-6-12-14(35)8-31(2,41)19(12)27(47-17)49-28-22(38)24(42-3)20(36)15(9-32)44-28/h4-5,11-29,32-41H,6-10H2,1-3H3/t11-,12-,13+,14+,15+,16+,17-,18+,19+,20+,21+,22+,23+,24-,25-,26-,27-,28-,29-,30-,31-/m0/s1. The van der Waals surface area contributed by atoms with Crippen LogP contribution in [0.4, 0.5) is 0 Å². The first-order valence-electron chi connectivity index (χ1n) is 16.6. The van der Waals surface area contributed by atoms with E-state index in [1.807, 2.05) is 0 Å². The molecule has 0 radical (unpaired) electrons. The molecule has 4 aliphatic heterocycles. The van der Waals surface area contributed by atoms with E-state index < -0.39 is 141 Å². The molecule has 21 atom stereocenters. The van der Waals surface area contributed by atoms with Crippen LogP contribution in [0.1, 0.15) is 33.1 Å². The number of rotatable bonds is 9. The molecule has 0 amide bonds. The second-order valence-corrected chi connectivity index (χ2v) is 14.5. The summed E-state index contributed by atoms with van der Waals surface area (Å²) in [5, 5.41) is 107. The Labute approximate surface area is 282 Å². The lowest BCUT2D eigenvalue weighted by molar-refractivity contribution is -0.401. The van der Waals surface area contributed by atoms with Gasteiger partial charge in [-0.05, 0) is 19.9 Å². The van der Waals surface area contributed by atoms with Gasteiger partial charge < -0.3 is 89.0 Å². The number of hydrogen-bond acceptors (Lipinski definition) is 18. The molecule has 2 saturated carbocycles. The van der Waals surface area contributed by atoms with Crippen LogP contribution in [0.25, 0.3) is 0 Å². The molecule has 282 valence electrons. The Morgan fingerprint density at radius 3 is 1.84 bits per heavy atom. The van der Waals surface area contributed by atoms with E-state index in [0.717, 1.165) is 0 Å². The molecule has 0 unspecified atom stereocenters. The summed E-state index contributed by atoms with van der Waals surface area (Å²) in [6.07, 6.45) is -17.6. The van der Waals surface area contributed by atoms with E-state index in [1.165, 1.54) is 27.2 Å². The fraction of sp³-hybridized carbons (Fsp3) is 0.935. The van der Waals surface area contributed by atoms with Crippen LogP contribution in [0.2, 0.25) is 0 Å². The van der Waals surface area contributed by atoms with Crippen LogP contribution in [-0.2, 0) is 37.9 Å². The van der Waals surface area contributed by atoms with Gasteiger partial charge in [-0.3, -0.25) is 0 Å². The van der Waals surface area contributed by atoms with Crippen molar-refractivity contribution in [3.8, 4) is 0 Å². The van der Waals surface area contributed by atoms with Crippen LogP contribution < -0.4 is 0 Å². The second kappa shape index (κ2) is 14.4. The van der Waals surface area contributed by atoms with Crippen LogP contribution in [0.3, 0.4) is 0 Å². The molecular formula is C31H50O18. The maximum absolute atomic E-state index is 11.4. The monoisotopic (exact) mass is 710 g/mol. The minimum absolute atomic E-state index is 0.0399. The number of aliphatic hydroxyl groups is 10. The van der Waals surface area contributed by atoms with E-state index in [-0.39, 0.29) is 19.3 Å². The molecule has 18 nitrogen and oxygen atoms in total. The summed E-state index contributed by atoms with van der Waals surface area (Å²) in [5.41, 5.74) is -2.92. The molecule has 0 spiro atoms. The third-order valence-corrected chi connectivity index (χ3v) is 11.1. The van der Waals surface area contributed by atoms with E-state index in [4.69, 9.17) is 37.9 Å². The van der Waals surface area contributed by atoms with Crippen LogP contribution in [0.5, 0.6) is 0 Å². The summed E-state index contributed by atoms with van der Waals surface area (Å²) in [7, 11) is 1.25. The average molecular weight is 711 g/mol. The molecule has 6 aliphatic rings. The third kappa shape index (κ3) is 6.91. The number of methoxy groups -OCH3 is 1. The summed E-state index contributed by atoms with van der Waals surface area (Å²) in [4.78, 5) is 0. The molecule has 0 aromatic heterocycles. The molecule has 4 heterocycles. The van der Waals surface area contributed by atoms with E-state index in [0.29, 0.717) is 0 Å². The lowest BCUT2D eigenvalue weighted by Crippen LogP contribution is -2.63. The molecule has 10 N–H and O–H groups in total. The van der Waals surface area contributed by atoms with Crippen molar-refractivity contribution in [1.82, 2.24) is 0 Å². The molecule has 5 fully saturated rings. The van der Waals surface area contributed by atoms with Crippen molar-refractivity contribution in [1.29, 1.82) is 0 Å². The Kier molecular flexibility index (Phi) is 11.0. The summed E-state index contributed by atoms with van der Waals surface area (Å²) in [6.45, 7) is 1.68.